The van der Waals surface area contributed by atoms with Crippen LogP contribution in [0.3, 0.4) is 0 Å². The molecule has 4 fully saturated rings. The molecule has 0 bridgehead atoms. The van der Waals surface area contributed by atoms with Crippen molar-refractivity contribution in [3.8, 4) is 34.3 Å². The second-order valence-electron chi connectivity index (χ2n) is 17.7. The maximum atomic E-state index is 9.67. The molecule has 14 nitrogen and oxygen atoms in total. The van der Waals surface area contributed by atoms with Gasteiger partial charge in [-0.15, -0.1) is 0 Å². The summed E-state index contributed by atoms with van der Waals surface area (Å²) < 4.78 is 28.2. The summed E-state index contributed by atoms with van der Waals surface area (Å²) in [5.74, 6) is 1.97. The zero-order chi connectivity index (χ0) is 44.7. The first kappa shape index (κ1) is 45.6. The number of pyridine rings is 2. The summed E-state index contributed by atoms with van der Waals surface area (Å²) >= 11 is 6.25. The lowest BCUT2D eigenvalue weighted by molar-refractivity contribution is -0.0371. The standard InChI is InChI=1S/C24H29N3O3.C18H24ClN3O2.C6H7BO3/c1-2-24(11-5-12-24)16-30-21-14-20(17-7-9-18(28)10-8-17)26-23-19(21)15-25-27(23)22-6-3-4-13-29-22;1-2-18(7-5-8-18)12-24-14-10-15(19)21-17-13(14)11-20-22(17)16-6-3-4-9-23-16;8-6-3-1-5(2-4-6)7(9)10/h7-10,14-15,22,28H,2-6,11-13,16H2,1H3;10-11,16H,2-9,12H2,1H3;1-4,8-10H. The first-order valence-electron chi connectivity index (χ1n) is 22.9. The first-order valence-corrected chi connectivity index (χ1v) is 23.3. The van der Waals surface area contributed by atoms with Crippen molar-refractivity contribution < 1.29 is 39.2 Å². The van der Waals surface area contributed by atoms with Gasteiger partial charge >= 0.3 is 7.12 Å². The fraction of sp³-hybridized carbons (Fsp3) is 0.500. The summed E-state index contributed by atoms with van der Waals surface area (Å²) in [4.78, 5) is 9.40. The number of benzene rings is 2. The van der Waals surface area contributed by atoms with Crippen molar-refractivity contribution in [1.29, 1.82) is 0 Å². The van der Waals surface area contributed by atoms with Crippen LogP contribution >= 0.6 is 11.6 Å². The van der Waals surface area contributed by atoms with Crippen molar-refractivity contribution in [3.05, 3.63) is 78.2 Å². The van der Waals surface area contributed by atoms with Crippen molar-refractivity contribution >= 4 is 46.2 Å². The molecule has 2 saturated carbocycles. The zero-order valence-electron chi connectivity index (χ0n) is 36.9. The third-order valence-electron chi connectivity index (χ3n) is 13.6. The van der Waals surface area contributed by atoms with E-state index in [9.17, 15) is 5.11 Å². The number of nitrogens with zero attached hydrogens (tertiary/aromatic N) is 6. The highest BCUT2D eigenvalue weighted by Crippen LogP contribution is 2.46. The van der Waals surface area contributed by atoms with Gasteiger partial charge < -0.3 is 39.2 Å². The Morgan fingerprint density at radius 3 is 1.59 bits per heavy atom. The van der Waals surface area contributed by atoms with E-state index in [-0.39, 0.29) is 24.0 Å². The zero-order valence-corrected chi connectivity index (χ0v) is 37.6. The number of aromatic nitrogens is 6. The normalized spacial score (nSPS) is 19.9. The minimum Gasteiger partial charge on any atom is -0.508 e. The van der Waals surface area contributed by atoms with Gasteiger partial charge in [0.1, 0.15) is 28.2 Å². The third kappa shape index (κ3) is 10.4. The molecule has 6 heterocycles. The largest absolute Gasteiger partial charge is 0.508 e. The predicted molar refractivity (Wildman–Crippen MR) is 247 cm³/mol. The number of fused-ring (bicyclic) bond motifs is 2. The van der Waals surface area contributed by atoms with Gasteiger partial charge in [0, 0.05) is 41.7 Å². The lowest BCUT2D eigenvalue weighted by Gasteiger charge is -2.40. The lowest BCUT2D eigenvalue weighted by Crippen LogP contribution is -2.35. The summed E-state index contributed by atoms with van der Waals surface area (Å²) in [6.45, 7) is 7.49. The van der Waals surface area contributed by atoms with E-state index in [0.29, 0.717) is 21.4 Å². The summed E-state index contributed by atoms with van der Waals surface area (Å²) in [5.41, 5.74) is 4.31. The molecule has 2 saturated heterocycles. The highest BCUT2D eigenvalue weighted by atomic mass is 35.5. The molecule has 4 N–H and O–H groups in total. The van der Waals surface area contributed by atoms with Crippen molar-refractivity contribution in [2.75, 3.05) is 26.4 Å². The molecule has 10 rings (SSSR count). The molecule has 4 aromatic heterocycles. The molecule has 2 atom stereocenters. The average Bonchev–Trinajstić information content (AvgIpc) is 3.92. The Hall–Kier alpha value is -4.93. The second kappa shape index (κ2) is 20.5. The molecule has 4 aliphatic rings. The minimum atomic E-state index is -1.46. The van der Waals surface area contributed by atoms with Crippen LogP contribution in [0, 0.1) is 10.8 Å². The maximum Gasteiger partial charge on any atom is 0.488 e. The van der Waals surface area contributed by atoms with Gasteiger partial charge in [-0.3, -0.25) is 0 Å². The smallest absolute Gasteiger partial charge is 0.488 e. The van der Waals surface area contributed by atoms with E-state index in [1.54, 1.807) is 18.2 Å². The maximum absolute atomic E-state index is 9.67. The number of halogens is 1. The molecule has 0 spiro atoms. The highest BCUT2D eigenvalue weighted by Gasteiger charge is 2.37. The number of hydrogen-bond acceptors (Lipinski definition) is 12. The van der Waals surface area contributed by atoms with E-state index in [0.717, 1.165) is 123 Å². The third-order valence-corrected chi connectivity index (χ3v) is 13.8. The summed E-state index contributed by atoms with van der Waals surface area (Å²) in [7, 11) is -1.46. The van der Waals surface area contributed by atoms with Crippen molar-refractivity contribution in [2.45, 2.75) is 116 Å². The van der Waals surface area contributed by atoms with Crippen molar-refractivity contribution in [2.24, 2.45) is 10.8 Å². The number of phenols is 2. The van der Waals surface area contributed by atoms with E-state index in [2.05, 4.69) is 29.0 Å². The summed E-state index contributed by atoms with van der Waals surface area (Å²) in [6.07, 6.45) is 19.8. The Labute approximate surface area is 379 Å². The fourth-order valence-electron chi connectivity index (χ4n) is 8.88. The van der Waals surface area contributed by atoms with Crippen LogP contribution in [0.4, 0.5) is 0 Å². The highest BCUT2D eigenvalue weighted by molar-refractivity contribution is 6.58. The molecule has 6 aromatic rings. The minimum absolute atomic E-state index is 0.0521. The number of aromatic hydroxyl groups is 2. The van der Waals surface area contributed by atoms with Crippen LogP contribution in [-0.4, -0.2) is 83.3 Å². The van der Waals surface area contributed by atoms with Crippen LogP contribution in [0.15, 0.2) is 73.1 Å². The van der Waals surface area contributed by atoms with Crippen LogP contribution in [0.2, 0.25) is 5.15 Å². The van der Waals surface area contributed by atoms with Gasteiger partial charge in [-0.2, -0.15) is 10.2 Å². The Kier molecular flexibility index (Phi) is 14.6. The molecular weight excluding hydrogens is 835 g/mol. The van der Waals surface area contributed by atoms with E-state index in [4.69, 9.17) is 50.7 Å². The molecule has 2 aromatic carbocycles. The molecule has 2 unspecified atom stereocenters. The quantitative estimate of drug-likeness (QED) is 0.0677. The van der Waals surface area contributed by atoms with E-state index >= 15 is 0 Å². The molecule has 0 amide bonds. The lowest BCUT2D eigenvalue weighted by atomic mass is 9.68. The average molecular weight is 895 g/mol. The van der Waals surface area contributed by atoms with E-state index in [1.165, 1.54) is 62.8 Å². The Bertz CT molecular complexity index is 2430. The topological polar surface area (TPSA) is 179 Å². The van der Waals surface area contributed by atoms with Gasteiger partial charge in [-0.1, -0.05) is 50.4 Å². The number of ether oxygens (including phenoxy) is 4. The van der Waals surface area contributed by atoms with Crippen molar-refractivity contribution in [1.82, 2.24) is 29.5 Å². The summed E-state index contributed by atoms with van der Waals surface area (Å²) in [5, 5.41) is 47.1. The van der Waals surface area contributed by atoms with Crippen LogP contribution in [0.1, 0.15) is 116 Å². The summed E-state index contributed by atoms with van der Waals surface area (Å²) in [6, 6.07) is 16.6. The van der Waals surface area contributed by atoms with E-state index < -0.39 is 7.12 Å². The van der Waals surface area contributed by atoms with Crippen LogP contribution in [0.25, 0.3) is 33.3 Å². The number of rotatable bonds is 12. The molecule has 64 heavy (non-hydrogen) atoms. The molecule has 0 radical (unpaired) electrons. The number of phenolic OH excluding ortho intramolecular Hbond substituents is 2. The van der Waals surface area contributed by atoms with E-state index in [1.807, 2.05) is 40.0 Å². The van der Waals surface area contributed by atoms with Crippen LogP contribution < -0.4 is 14.9 Å². The van der Waals surface area contributed by atoms with Gasteiger partial charge in [-0.05, 0) is 119 Å². The van der Waals surface area contributed by atoms with Crippen LogP contribution in [-0.2, 0) is 9.47 Å². The first-order chi connectivity index (χ1) is 31.1. The van der Waals surface area contributed by atoms with Gasteiger partial charge in [0.05, 0.1) is 42.1 Å². The molecular formula is C48H60BClN6O8. The van der Waals surface area contributed by atoms with Gasteiger partial charge in [-0.25, -0.2) is 19.3 Å². The molecule has 340 valence electrons. The monoisotopic (exact) mass is 894 g/mol. The Balaban J connectivity index is 0.000000147. The Morgan fingerprint density at radius 1 is 0.672 bits per heavy atom. The van der Waals surface area contributed by atoms with Gasteiger partial charge in [0.25, 0.3) is 0 Å². The Morgan fingerprint density at radius 2 is 1.16 bits per heavy atom. The van der Waals surface area contributed by atoms with Gasteiger partial charge in [0.15, 0.2) is 23.8 Å². The van der Waals surface area contributed by atoms with Gasteiger partial charge in [0.2, 0.25) is 0 Å². The molecule has 16 heteroatoms. The predicted octanol–water partition coefficient (Wildman–Crippen LogP) is 9.28. The van der Waals surface area contributed by atoms with Crippen LogP contribution in [0.5, 0.6) is 23.0 Å². The SMILES string of the molecule is CCC1(COc2cc(-c3ccc(O)cc3)nc3c2cnn3C2CCCCO2)CCC1.CCC1(COc2cc(Cl)nc3c2cnn3C2CCCCO2)CCC1.OB(O)c1ccc(O)cc1. The molecule has 2 aliphatic heterocycles. The molecule has 2 aliphatic carbocycles. The fourth-order valence-corrected chi connectivity index (χ4v) is 9.06. The number of hydrogen-bond donors (Lipinski definition) is 4. The van der Waals surface area contributed by atoms with Crippen molar-refractivity contribution in [3.63, 3.8) is 0 Å². The second-order valence-corrected chi connectivity index (χ2v) is 18.1.